The summed E-state index contributed by atoms with van der Waals surface area (Å²) in [5.41, 5.74) is 1.43. The molecule has 7 nitrogen and oxygen atoms in total. The molecule has 0 atom stereocenters. The van der Waals surface area contributed by atoms with Crippen molar-refractivity contribution < 1.29 is 24.0 Å². The number of fused-ring (bicyclic) bond motifs is 1. The Hall–Kier alpha value is -2.67. The van der Waals surface area contributed by atoms with Gasteiger partial charge in [-0.05, 0) is 6.07 Å². The van der Waals surface area contributed by atoms with Crippen molar-refractivity contribution in [2.45, 2.75) is 12.8 Å². The lowest BCUT2D eigenvalue weighted by Gasteiger charge is -2.22. The number of piperidine rings is 1. The molecule has 0 unspecified atom stereocenters. The number of quaternary nitrogens is 1. The van der Waals surface area contributed by atoms with Crippen LogP contribution in [0.4, 0.5) is 5.69 Å². The number of hydrogen-bond acceptors (Lipinski definition) is 4. The van der Waals surface area contributed by atoms with Crippen LogP contribution in [0.2, 0.25) is 0 Å². The van der Waals surface area contributed by atoms with Gasteiger partial charge in [0.1, 0.15) is 11.5 Å². The number of aromatic amines is 1. The van der Waals surface area contributed by atoms with Crippen LogP contribution in [0, 0.1) is 0 Å². The van der Waals surface area contributed by atoms with E-state index in [0.29, 0.717) is 31.6 Å². The molecule has 7 heteroatoms. The van der Waals surface area contributed by atoms with E-state index >= 15 is 0 Å². The summed E-state index contributed by atoms with van der Waals surface area (Å²) in [4.78, 5) is 39.7. The van der Waals surface area contributed by atoms with Crippen LogP contribution in [0.1, 0.15) is 23.3 Å². The van der Waals surface area contributed by atoms with Gasteiger partial charge in [0, 0.05) is 10.9 Å². The first-order valence-electron chi connectivity index (χ1n) is 7.92. The second-order valence-corrected chi connectivity index (χ2v) is 5.93. The second-order valence-electron chi connectivity index (χ2n) is 5.93. The number of Topliss-reactive ketones (excluding diaryl/α,β-unsaturated/α-hetero) is 1. The van der Waals surface area contributed by atoms with Crippen LogP contribution in [0.3, 0.4) is 0 Å². The number of ketones is 1. The molecule has 2 aromatic rings. The van der Waals surface area contributed by atoms with Crippen molar-refractivity contribution in [3.8, 4) is 0 Å². The van der Waals surface area contributed by atoms with E-state index in [2.05, 4.69) is 10.3 Å². The fraction of sp³-hybridized carbons (Fsp3) is 0.353. The molecular formula is C17H20N3O4+. The number of para-hydroxylation sites is 1. The highest BCUT2D eigenvalue weighted by Gasteiger charge is 2.24. The van der Waals surface area contributed by atoms with E-state index in [1.54, 1.807) is 0 Å². The number of ether oxygens (including phenoxy) is 1. The van der Waals surface area contributed by atoms with E-state index in [-0.39, 0.29) is 23.9 Å². The van der Waals surface area contributed by atoms with Crippen molar-refractivity contribution in [1.82, 2.24) is 4.98 Å². The lowest BCUT2D eigenvalue weighted by atomic mass is 10.1. The van der Waals surface area contributed by atoms with Gasteiger partial charge in [0.05, 0.1) is 38.7 Å². The fourth-order valence-electron chi connectivity index (χ4n) is 3.00. The predicted molar refractivity (Wildman–Crippen MR) is 88.1 cm³/mol. The summed E-state index contributed by atoms with van der Waals surface area (Å²) in [5.74, 6) is -0.463. The van der Waals surface area contributed by atoms with Crippen molar-refractivity contribution >= 4 is 34.3 Å². The number of benzene rings is 1. The van der Waals surface area contributed by atoms with Gasteiger partial charge in [-0.25, -0.2) is 4.79 Å². The third-order valence-corrected chi connectivity index (χ3v) is 4.29. The molecule has 0 saturated carbocycles. The zero-order valence-electron chi connectivity index (χ0n) is 13.5. The molecule has 2 heterocycles. The second kappa shape index (κ2) is 6.84. The number of esters is 1. The monoisotopic (exact) mass is 330 g/mol. The number of nitrogens with one attached hydrogen (secondary N) is 3. The van der Waals surface area contributed by atoms with E-state index in [1.165, 1.54) is 7.11 Å². The molecule has 24 heavy (non-hydrogen) atoms. The molecule has 1 fully saturated rings. The molecule has 0 aliphatic carbocycles. The molecule has 0 radical (unpaired) electrons. The predicted octanol–water partition coefficient (Wildman–Crippen LogP) is 0.141. The Kier molecular flexibility index (Phi) is 4.61. The maximum Gasteiger partial charge on any atom is 0.356 e. The summed E-state index contributed by atoms with van der Waals surface area (Å²) < 4.78 is 4.79. The van der Waals surface area contributed by atoms with E-state index in [0.717, 1.165) is 15.8 Å². The lowest BCUT2D eigenvalue weighted by Crippen LogP contribution is -3.14. The number of methoxy groups -OCH3 is 1. The number of likely N-dealkylation sites (tertiary alicyclic amines) is 1. The van der Waals surface area contributed by atoms with Crippen molar-refractivity contribution in [2.24, 2.45) is 0 Å². The zero-order valence-corrected chi connectivity index (χ0v) is 13.5. The number of aromatic nitrogens is 1. The normalized spacial score (nSPS) is 15.5. The maximum absolute atomic E-state index is 12.4. The molecule has 0 bridgehead atoms. The Balaban J connectivity index is 1.79. The molecule has 1 aromatic carbocycles. The van der Waals surface area contributed by atoms with Crippen LogP contribution in [0.25, 0.3) is 10.9 Å². The highest BCUT2D eigenvalue weighted by Crippen LogP contribution is 2.28. The van der Waals surface area contributed by atoms with Crippen LogP contribution in [0.5, 0.6) is 0 Å². The fourth-order valence-corrected chi connectivity index (χ4v) is 3.00. The lowest BCUT2D eigenvalue weighted by molar-refractivity contribution is -0.893. The third-order valence-electron chi connectivity index (χ3n) is 4.29. The Labute approximate surface area is 139 Å². The molecule has 3 N–H and O–H groups in total. The number of hydrogen-bond donors (Lipinski definition) is 3. The van der Waals surface area contributed by atoms with Crippen molar-refractivity contribution in [2.75, 3.05) is 32.1 Å². The average Bonchev–Trinajstić information content (AvgIpc) is 2.95. The van der Waals surface area contributed by atoms with Crippen molar-refractivity contribution in [3.05, 3.63) is 30.0 Å². The van der Waals surface area contributed by atoms with Gasteiger partial charge >= 0.3 is 5.97 Å². The van der Waals surface area contributed by atoms with Crippen LogP contribution in [-0.4, -0.2) is 49.4 Å². The van der Waals surface area contributed by atoms with Gasteiger partial charge in [0.2, 0.25) is 0 Å². The number of rotatable bonds is 4. The minimum absolute atomic E-state index is 0.186. The highest BCUT2D eigenvalue weighted by molar-refractivity contribution is 6.11. The first kappa shape index (κ1) is 16.2. The summed E-state index contributed by atoms with van der Waals surface area (Å²) in [6, 6.07) is 7.36. The molecule has 1 aliphatic heterocycles. The van der Waals surface area contributed by atoms with Gasteiger partial charge in [0.25, 0.3) is 5.91 Å². The molecule has 1 aliphatic rings. The Morgan fingerprint density at radius 2 is 1.96 bits per heavy atom. The molecule has 3 rings (SSSR count). The first-order chi connectivity index (χ1) is 11.6. The number of carbonyl (C=O) groups excluding carboxylic acids is 3. The SMILES string of the molecule is COC(=O)c1[nH]c2ccccc2c1NC(=O)C[NH+]1CCC(=O)CC1. The molecule has 1 aromatic heterocycles. The van der Waals surface area contributed by atoms with E-state index in [9.17, 15) is 14.4 Å². The zero-order chi connectivity index (χ0) is 17.1. The van der Waals surface area contributed by atoms with Crippen molar-refractivity contribution in [3.63, 3.8) is 0 Å². The minimum atomic E-state index is -0.530. The molecular weight excluding hydrogens is 310 g/mol. The number of amides is 1. The smallest absolute Gasteiger partial charge is 0.356 e. The van der Waals surface area contributed by atoms with Crippen LogP contribution in [-0.2, 0) is 14.3 Å². The molecule has 0 spiro atoms. The van der Waals surface area contributed by atoms with E-state index in [4.69, 9.17) is 4.74 Å². The van der Waals surface area contributed by atoms with Gasteiger partial charge in [-0.2, -0.15) is 0 Å². The topological polar surface area (TPSA) is 92.7 Å². The maximum atomic E-state index is 12.4. The van der Waals surface area contributed by atoms with Gasteiger partial charge in [-0.15, -0.1) is 0 Å². The summed E-state index contributed by atoms with van der Waals surface area (Å²) in [7, 11) is 1.30. The van der Waals surface area contributed by atoms with Gasteiger partial charge < -0.3 is 19.9 Å². The Bertz CT molecular complexity index is 786. The van der Waals surface area contributed by atoms with Crippen LogP contribution >= 0.6 is 0 Å². The van der Waals surface area contributed by atoms with Gasteiger partial charge in [0.15, 0.2) is 6.54 Å². The first-order valence-corrected chi connectivity index (χ1v) is 7.92. The molecule has 1 amide bonds. The molecule has 1 saturated heterocycles. The number of anilines is 1. The van der Waals surface area contributed by atoms with Crippen LogP contribution in [0.15, 0.2) is 24.3 Å². The van der Waals surface area contributed by atoms with Gasteiger partial charge in [-0.1, -0.05) is 18.2 Å². The van der Waals surface area contributed by atoms with Gasteiger partial charge in [-0.3, -0.25) is 9.59 Å². The quantitative estimate of drug-likeness (QED) is 0.695. The van der Waals surface area contributed by atoms with E-state index in [1.807, 2.05) is 24.3 Å². The number of H-pyrrole nitrogens is 1. The highest BCUT2D eigenvalue weighted by atomic mass is 16.5. The summed E-state index contributed by atoms with van der Waals surface area (Å²) in [6.07, 6.45) is 1.03. The summed E-state index contributed by atoms with van der Waals surface area (Å²) >= 11 is 0. The Morgan fingerprint density at radius 3 is 2.67 bits per heavy atom. The number of carbonyl (C=O) groups is 3. The largest absolute Gasteiger partial charge is 0.464 e. The third kappa shape index (κ3) is 3.30. The van der Waals surface area contributed by atoms with Crippen molar-refractivity contribution in [1.29, 1.82) is 0 Å². The average molecular weight is 330 g/mol. The Morgan fingerprint density at radius 1 is 1.25 bits per heavy atom. The summed E-state index contributed by atoms with van der Waals surface area (Å²) in [6.45, 7) is 1.61. The minimum Gasteiger partial charge on any atom is -0.464 e. The van der Waals surface area contributed by atoms with Crippen LogP contribution < -0.4 is 10.2 Å². The summed E-state index contributed by atoms with van der Waals surface area (Å²) in [5, 5.41) is 3.59. The van der Waals surface area contributed by atoms with E-state index < -0.39 is 5.97 Å². The molecule has 126 valence electrons. The standard InChI is InChI=1S/C17H19N3O4/c1-24-17(23)16-15(12-4-2-3-5-13(12)18-16)19-14(22)10-20-8-6-11(21)7-9-20/h2-5,18H,6-10H2,1H3,(H,19,22)/p+1.